The molecule has 2 rings (SSSR count). The van der Waals surface area contributed by atoms with Crippen molar-refractivity contribution in [1.82, 2.24) is 5.32 Å². The molecule has 3 heteroatoms. The van der Waals surface area contributed by atoms with Gasteiger partial charge >= 0.3 is 0 Å². The molecule has 0 spiro atoms. The van der Waals surface area contributed by atoms with Crippen LogP contribution in [-0.2, 0) is 0 Å². The molecule has 0 aliphatic heterocycles. The summed E-state index contributed by atoms with van der Waals surface area (Å²) in [7, 11) is 0. The summed E-state index contributed by atoms with van der Waals surface area (Å²) in [5.74, 6) is 0. The van der Waals surface area contributed by atoms with Crippen molar-refractivity contribution in [3.05, 3.63) is 46.8 Å². The lowest BCUT2D eigenvalue weighted by Crippen LogP contribution is -2.36. The van der Waals surface area contributed by atoms with Crippen molar-refractivity contribution in [2.75, 3.05) is 0 Å². The summed E-state index contributed by atoms with van der Waals surface area (Å²) in [6.45, 7) is 10.8. The van der Waals surface area contributed by atoms with Gasteiger partial charge in [-0.1, -0.05) is 38.5 Å². The van der Waals surface area contributed by atoms with Crippen LogP contribution in [0.4, 0.5) is 0 Å². The molecule has 0 aromatic rings. The van der Waals surface area contributed by atoms with Crippen molar-refractivity contribution in [2.24, 2.45) is 10.7 Å². The van der Waals surface area contributed by atoms with Gasteiger partial charge in [0, 0.05) is 30.2 Å². The number of aliphatic imine (C=N–C) groups is 1. The van der Waals surface area contributed by atoms with Crippen LogP contribution in [0, 0.1) is 0 Å². The maximum absolute atomic E-state index is 5.97. The second-order valence-corrected chi connectivity index (χ2v) is 7.77. The van der Waals surface area contributed by atoms with Gasteiger partial charge in [-0.05, 0) is 75.0 Å². The number of hydrogen-bond acceptors (Lipinski definition) is 3. The Kier molecular flexibility index (Phi) is 8.37. The van der Waals surface area contributed by atoms with E-state index in [1.165, 1.54) is 36.8 Å². The molecular formula is C23H37N3. The first-order valence-electron chi connectivity index (χ1n) is 10.4. The fraction of sp³-hybridized carbons (Fsp3) is 0.609. The van der Waals surface area contributed by atoms with Crippen LogP contribution in [0.25, 0.3) is 0 Å². The van der Waals surface area contributed by atoms with Crippen LogP contribution < -0.4 is 11.1 Å². The molecule has 2 aliphatic rings. The van der Waals surface area contributed by atoms with E-state index in [0.717, 1.165) is 43.4 Å². The molecule has 0 aromatic heterocycles. The highest BCUT2D eigenvalue weighted by atomic mass is 14.9. The smallest absolute Gasteiger partial charge is 0.0454 e. The predicted molar refractivity (Wildman–Crippen MR) is 114 cm³/mol. The fourth-order valence-electron chi connectivity index (χ4n) is 3.95. The maximum Gasteiger partial charge on any atom is 0.0454 e. The van der Waals surface area contributed by atoms with E-state index >= 15 is 0 Å². The number of rotatable bonds is 8. The van der Waals surface area contributed by atoms with Crippen molar-refractivity contribution >= 4 is 6.21 Å². The summed E-state index contributed by atoms with van der Waals surface area (Å²) >= 11 is 0. The Labute approximate surface area is 160 Å². The Morgan fingerprint density at radius 3 is 2.65 bits per heavy atom. The molecule has 3 nitrogen and oxygen atoms in total. The topological polar surface area (TPSA) is 50.4 Å². The van der Waals surface area contributed by atoms with Crippen LogP contribution in [0.2, 0.25) is 0 Å². The van der Waals surface area contributed by atoms with Gasteiger partial charge in [-0.3, -0.25) is 4.99 Å². The zero-order valence-corrected chi connectivity index (χ0v) is 17.0. The molecule has 26 heavy (non-hydrogen) atoms. The lowest BCUT2D eigenvalue weighted by molar-refractivity contribution is 0.360. The third-order valence-corrected chi connectivity index (χ3v) is 5.56. The standard InChI is InChI=1S/C23H37N3/c1-5-7-21-14-20(9-8-19(21)6-2)17(3)15-25-16-18(4)26-23-12-10-22(24)11-13-23/h14-16,22-23,26H,3,5-13,24H2,1-2,4H3/b18-16+,25-15?. The molecule has 1 fully saturated rings. The Hall–Kier alpha value is -1.61. The van der Waals surface area contributed by atoms with Crippen LogP contribution in [0.5, 0.6) is 0 Å². The number of hydrogen-bond donors (Lipinski definition) is 2. The van der Waals surface area contributed by atoms with Gasteiger partial charge in [0.25, 0.3) is 0 Å². The van der Waals surface area contributed by atoms with Gasteiger partial charge in [0.2, 0.25) is 0 Å². The first kappa shape index (κ1) is 20.7. The first-order valence-corrected chi connectivity index (χ1v) is 10.4. The van der Waals surface area contributed by atoms with Gasteiger partial charge < -0.3 is 11.1 Å². The summed E-state index contributed by atoms with van der Waals surface area (Å²) in [6.07, 6.45) is 16.5. The zero-order chi connectivity index (χ0) is 18.9. The second-order valence-electron chi connectivity index (χ2n) is 7.77. The number of nitrogens with one attached hydrogen (secondary N) is 1. The van der Waals surface area contributed by atoms with Gasteiger partial charge in [0.05, 0.1) is 0 Å². The molecule has 0 atom stereocenters. The van der Waals surface area contributed by atoms with E-state index < -0.39 is 0 Å². The van der Waals surface area contributed by atoms with Gasteiger partial charge in [-0.25, -0.2) is 0 Å². The van der Waals surface area contributed by atoms with Crippen molar-refractivity contribution in [3.8, 4) is 0 Å². The largest absolute Gasteiger partial charge is 0.385 e. The first-order chi connectivity index (χ1) is 12.5. The molecule has 2 aliphatic carbocycles. The minimum Gasteiger partial charge on any atom is -0.385 e. The van der Waals surface area contributed by atoms with Gasteiger partial charge in [-0.15, -0.1) is 0 Å². The van der Waals surface area contributed by atoms with Crippen molar-refractivity contribution in [2.45, 2.75) is 90.6 Å². The summed E-state index contributed by atoms with van der Waals surface area (Å²) < 4.78 is 0. The van der Waals surface area contributed by atoms with E-state index in [4.69, 9.17) is 5.73 Å². The average molecular weight is 356 g/mol. The molecule has 0 saturated heterocycles. The van der Waals surface area contributed by atoms with E-state index in [1.54, 1.807) is 5.57 Å². The molecule has 0 unspecified atom stereocenters. The molecule has 1 saturated carbocycles. The van der Waals surface area contributed by atoms with Crippen molar-refractivity contribution < 1.29 is 0 Å². The lowest BCUT2D eigenvalue weighted by Gasteiger charge is -2.27. The minimum absolute atomic E-state index is 0.391. The van der Waals surface area contributed by atoms with Gasteiger partial charge in [-0.2, -0.15) is 0 Å². The Bertz CT molecular complexity index is 599. The molecule has 144 valence electrons. The highest BCUT2D eigenvalue weighted by Gasteiger charge is 2.18. The van der Waals surface area contributed by atoms with Crippen LogP contribution >= 0.6 is 0 Å². The predicted octanol–water partition coefficient (Wildman–Crippen LogP) is 5.56. The third-order valence-electron chi connectivity index (χ3n) is 5.56. The van der Waals surface area contributed by atoms with Crippen molar-refractivity contribution in [3.63, 3.8) is 0 Å². The fourth-order valence-corrected chi connectivity index (χ4v) is 3.95. The molecule has 0 heterocycles. The molecule has 0 aromatic carbocycles. The molecule has 3 N–H and O–H groups in total. The van der Waals surface area contributed by atoms with Gasteiger partial charge in [0.15, 0.2) is 0 Å². The van der Waals surface area contributed by atoms with E-state index in [-0.39, 0.29) is 0 Å². The van der Waals surface area contributed by atoms with E-state index in [2.05, 4.69) is 43.7 Å². The highest BCUT2D eigenvalue weighted by molar-refractivity contribution is 5.84. The monoisotopic (exact) mass is 355 g/mol. The summed E-state index contributed by atoms with van der Waals surface area (Å²) in [6, 6.07) is 0.932. The van der Waals surface area contributed by atoms with E-state index in [0.29, 0.717) is 12.1 Å². The average Bonchev–Trinajstić information content (AvgIpc) is 2.63. The summed E-state index contributed by atoms with van der Waals surface area (Å²) in [5.41, 5.74) is 12.6. The van der Waals surface area contributed by atoms with Crippen LogP contribution in [0.15, 0.2) is 51.8 Å². The number of nitrogens with zero attached hydrogens (tertiary/aromatic N) is 1. The molecule has 0 amide bonds. The number of nitrogens with two attached hydrogens (primary N) is 1. The summed E-state index contributed by atoms with van der Waals surface area (Å²) in [4.78, 5) is 4.51. The second kappa shape index (κ2) is 10.5. The quantitative estimate of drug-likeness (QED) is 0.560. The Balaban J connectivity index is 1.91. The van der Waals surface area contributed by atoms with Gasteiger partial charge in [0.1, 0.15) is 0 Å². The molecular weight excluding hydrogens is 318 g/mol. The Morgan fingerprint density at radius 2 is 2.00 bits per heavy atom. The lowest BCUT2D eigenvalue weighted by atomic mass is 9.86. The summed E-state index contributed by atoms with van der Waals surface area (Å²) in [5, 5.41) is 3.57. The zero-order valence-electron chi connectivity index (χ0n) is 17.0. The number of allylic oxidation sites excluding steroid dienone is 6. The van der Waals surface area contributed by atoms with E-state index in [1.807, 2.05) is 12.4 Å². The Morgan fingerprint density at radius 1 is 1.27 bits per heavy atom. The highest BCUT2D eigenvalue weighted by Crippen LogP contribution is 2.31. The van der Waals surface area contributed by atoms with Crippen molar-refractivity contribution in [1.29, 1.82) is 0 Å². The third kappa shape index (κ3) is 6.28. The van der Waals surface area contributed by atoms with E-state index in [9.17, 15) is 0 Å². The normalized spacial score (nSPS) is 24.8. The SMILES string of the molecule is C=C(C=N/C=C(\C)NC1CCC(N)CC1)C1=CC(CCC)=C(CC)CC1. The molecule has 0 bridgehead atoms. The van der Waals surface area contributed by atoms with Crippen LogP contribution in [0.3, 0.4) is 0 Å². The van der Waals surface area contributed by atoms with Crippen LogP contribution in [0.1, 0.15) is 78.6 Å². The minimum atomic E-state index is 0.391. The molecule has 0 radical (unpaired) electrons. The van der Waals surface area contributed by atoms with Crippen LogP contribution in [-0.4, -0.2) is 18.3 Å². The maximum atomic E-state index is 5.97.